The van der Waals surface area contributed by atoms with Gasteiger partial charge < -0.3 is 15.4 Å². The van der Waals surface area contributed by atoms with Gasteiger partial charge in [-0.2, -0.15) is 0 Å². The molecule has 1 aliphatic rings. The highest BCUT2D eigenvalue weighted by Gasteiger charge is 2.20. The summed E-state index contributed by atoms with van der Waals surface area (Å²) in [6.07, 6.45) is 3.60. The Morgan fingerprint density at radius 3 is 2.81 bits per heavy atom. The molecule has 2 rings (SSSR count). The van der Waals surface area contributed by atoms with E-state index in [1.807, 2.05) is 6.07 Å². The zero-order valence-electron chi connectivity index (χ0n) is 13.4. The standard InChI is InChI=1S/C17H27N3O/c1-4-18-17(20-12-14-6-7-14)19-10-9-15-11-13(2)5-8-16(15)21-3/h5,8,11,14H,4,6-7,9-10,12H2,1-3H3,(H2,18,19,20). The normalized spacial score (nSPS) is 14.9. The smallest absolute Gasteiger partial charge is 0.191 e. The Bertz CT molecular complexity index is 481. The van der Waals surface area contributed by atoms with Crippen molar-refractivity contribution in [3.8, 4) is 5.75 Å². The number of rotatable bonds is 7. The molecule has 0 amide bonds. The van der Waals surface area contributed by atoms with Crippen LogP contribution in [0.2, 0.25) is 0 Å². The van der Waals surface area contributed by atoms with Crippen molar-refractivity contribution in [3.05, 3.63) is 29.3 Å². The zero-order chi connectivity index (χ0) is 15.1. The minimum Gasteiger partial charge on any atom is -0.496 e. The van der Waals surface area contributed by atoms with Gasteiger partial charge in [0.25, 0.3) is 0 Å². The molecule has 1 saturated carbocycles. The third-order valence-corrected chi connectivity index (χ3v) is 3.67. The Hall–Kier alpha value is -1.71. The number of methoxy groups -OCH3 is 1. The maximum absolute atomic E-state index is 5.42. The first-order valence-electron chi connectivity index (χ1n) is 7.88. The van der Waals surface area contributed by atoms with Crippen LogP contribution in [-0.2, 0) is 6.42 Å². The Labute approximate surface area is 128 Å². The summed E-state index contributed by atoms with van der Waals surface area (Å²) in [5.74, 6) is 2.70. The molecule has 0 heterocycles. The van der Waals surface area contributed by atoms with Gasteiger partial charge in [-0.05, 0) is 50.7 Å². The molecule has 0 bridgehead atoms. The van der Waals surface area contributed by atoms with Gasteiger partial charge in [0.1, 0.15) is 5.75 Å². The van der Waals surface area contributed by atoms with E-state index >= 15 is 0 Å². The van der Waals surface area contributed by atoms with Crippen molar-refractivity contribution in [1.29, 1.82) is 0 Å². The number of guanidine groups is 1. The molecular weight excluding hydrogens is 262 g/mol. The summed E-state index contributed by atoms with van der Waals surface area (Å²) in [7, 11) is 1.72. The lowest BCUT2D eigenvalue weighted by molar-refractivity contribution is 0.409. The fourth-order valence-electron chi connectivity index (χ4n) is 2.28. The van der Waals surface area contributed by atoms with E-state index in [4.69, 9.17) is 4.74 Å². The third kappa shape index (κ3) is 5.29. The van der Waals surface area contributed by atoms with Crippen molar-refractivity contribution in [3.63, 3.8) is 0 Å². The number of aryl methyl sites for hydroxylation is 1. The Balaban J connectivity index is 1.86. The van der Waals surface area contributed by atoms with E-state index in [9.17, 15) is 0 Å². The molecule has 0 aromatic heterocycles. The number of nitrogens with zero attached hydrogens (tertiary/aromatic N) is 1. The third-order valence-electron chi connectivity index (χ3n) is 3.67. The molecule has 0 spiro atoms. The molecule has 4 heteroatoms. The second-order valence-corrected chi connectivity index (χ2v) is 5.66. The maximum atomic E-state index is 5.42. The van der Waals surface area contributed by atoms with Gasteiger partial charge in [0.2, 0.25) is 0 Å². The van der Waals surface area contributed by atoms with Crippen molar-refractivity contribution in [2.45, 2.75) is 33.1 Å². The van der Waals surface area contributed by atoms with Crippen molar-refractivity contribution >= 4 is 5.96 Å². The zero-order valence-corrected chi connectivity index (χ0v) is 13.4. The predicted molar refractivity (Wildman–Crippen MR) is 88.1 cm³/mol. The number of ether oxygens (including phenoxy) is 1. The molecule has 4 nitrogen and oxygen atoms in total. The van der Waals surface area contributed by atoms with Crippen molar-refractivity contribution in [2.75, 3.05) is 26.7 Å². The summed E-state index contributed by atoms with van der Waals surface area (Å²) in [6.45, 7) is 6.90. The summed E-state index contributed by atoms with van der Waals surface area (Å²) >= 11 is 0. The largest absolute Gasteiger partial charge is 0.496 e. The van der Waals surface area contributed by atoms with E-state index in [-0.39, 0.29) is 0 Å². The molecule has 0 saturated heterocycles. The van der Waals surface area contributed by atoms with E-state index in [0.717, 1.165) is 43.7 Å². The molecule has 1 aliphatic carbocycles. The molecule has 0 radical (unpaired) electrons. The quantitative estimate of drug-likeness (QED) is 0.599. The summed E-state index contributed by atoms with van der Waals surface area (Å²) in [5.41, 5.74) is 2.50. The van der Waals surface area contributed by atoms with Gasteiger partial charge in [0.05, 0.1) is 7.11 Å². The highest BCUT2D eigenvalue weighted by Crippen LogP contribution is 2.28. The fraction of sp³-hybridized carbons (Fsp3) is 0.588. The van der Waals surface area contributed by atoms with Gasteiger partial charge in [0, 0.05) is 19.6 Å². The average molecular weight is 289 g/mol. The van der Waals surface area contributed by atoms with Crippen LogP contribution in [0.25, 0.3) is 0 Å². The molecule has 116 valence electrons. The molecule has 0 atom stereocenters. The molecule has 2 N–H and O–H groups in total. The Morgan fingerprint density at radius 1 is 1.33 bits per heavy atom. The lowest BCUT2D eigenvalue weighted by Crippen LogP contribution is -2.38. The molecule has 0 unspecified atom stereocenters. The molecule has 1 fully saturated rings. The van der Waals surface area contributed by atoms with Gasteiger partial charge in [-0.3, -0.25) is 4.99 Å². The minimum atomic E-state index is 0.817. The summed E-state index contributed by atoms with van der Waals surface area (Å²) in [5, 5.41) is 6.71. The average Bonchev–Trinajstić information content (AvgIpc) is 3.29. The van der Waals surface area contributed by atoms with Gasteiger partial charge in [-0.15, -0.1) is 0 Å². The monoisotopic (exact) mass is 289 g/mol. The lowest BCUT2D eigenvalue weighted by Gasteiger charge is -2.13. The number of aliphatic imine (C=N–C) groups is 1. The number of benzene rings is 1. The SMILES string of the molecule is CCNC(=NCC1CC1)NCCc1cc(C)ccc1OC. The summed E-state index contributed by atoms with van der Waals surface area (Å²) in [6, 6.07) is 6.31. The van der Waals surface area contributed by atoms with Gasteiger partial charge >= 0.3 is 0 Å². The van der Waals surface area contributed by atoms with Crippen LogP contribution in [0, 0.1) is 12.8 Å². The second kappa shape index (κ2) is 7.91. The van der Waals surface area contributed by atoms with Gasteiger partial charge in [-0.25, -0.2) is 0 Å². The van der Waals surface area contributed by atoms with Crippen molar-refractivity contribution < 1.29 is 4.74 Å². The first kappa shape index (κ1) is 15.7. The lowest BCUT2D eigenvalue weighted by atomic mass is 10.1. The van der Waals surface area contributed by atoms with Crippen LogP contribution in [0.1, 0.15) is 30.9 Å². The Morgan fingerprint density at radius 2 is 2.14 bits per heavy atom. The van der Waals surface area contributed by atoms with Gasteiger partial charge in [-0.1, -0.05) is 17.7 Å². The van der Waals surface area contributed by atoms with E-state index < -0.39 is 0 Å². The summed E-state index contributed by atoms with van der Waals surface area (Å²) in [4.78, 5) is 4.63. The molecular formula is C17H27N3O. The first-order chi connectivity index (χ1) is 10.2. The highest BCUT2D eigenvalue weighted by atomic mass is 16.5. The van der Waals surface area contributed by atoms with E-state index in [1.54, 1.807) is 7.11 Å². The molecule has 21 heavy (non-hydrogen) atoms. The number of hydrogen-bond acceptors (Lipinski definition) is 2. The van der Waals surface area contributed by atoms with Crippen LogP contribution in [0.4, 0.5) is 0 Å². The summed E-state index contributed by atoms with van der Waals surface area (Å²) < 4.78 is 5.42. The fourth-order valence-corrected chi connectivity index (χ4v) is 2.28. The van der Waals surface area contributed by atoms with Crippen LogP contribution in [0.5, 0.6) is 5.75 Å². The molecule has 1 aromatic carbocycles. The van der Waals surface area contributed by atoms with E-state index in [2.05, 4.69) is 41.6 Å². The van der Waals surface area contributed by atoms with E-state index in [0.29, 0.717) is 0 Å². The maximum Gasteiger partial charge on any atom is 0.191 e. The predicted octanol–water partition coefficient (Wildman–Crippen LogP) is 2.51. The van der Waals surface area contributed by atoms with Crippen LogP contribution >= 0.6 is 0 Å². The minimum absolute atomic E-state index is 0.817. The van der Waals surface area contributed by atoms with Crippen molar-refractivity contribution in [2.24, 2.45) is 10.9 Å². The van der Waals surface area contributed by atoms with Gasteiger partial charge in [0.15, 0.2) is 5.96 Å². The number of hydrogen-bond donors (Lipinski definition) is 2. The van der Waals surface area contributed by atoms with Crippen LogP contribution in [0.15, 0.2) is 23.2 Å². The van der Waals surface area contributed by atoms with E-state index in [1.165, 1.54) is 24.0 Å². The van der Waals surface area contributed by atoms with Crippen molar-refractivity contribution in [1.82, 2.24) is 10.6 Å². The topological polar surface area (TPSA) is 45.7 Å². The van der Waals surface area contributed by atoms with Crippen LogP contribution in [-0.4, -0.2) is 32.7 Å². The Kier molecular flexibility index (Phi) is 5.90. The first-order valence-corrected chi connectivity index (χ1v) is 7.88. The molecule has 0 aliphatic heterocycles. The number of nitrogens with one attached hydrogen (secondary N) is 2. The second-order valence-electron chi connectivity index (χ2n) is 5.66. The highest BCUT2D eigenvalue weighted by molar-refractivity contribution is 5.79. The van der Waals surface area contributed by atoms with Crippen LogP contribution < -0.4 is 15.4 Å². The molecule has 1 aromatic rings. The van der Waals surface area contributed by atoms with Crippen LogP contribution in [0.3, 0.4) is 0 Å².